The first-order chi connectivity index (χ1) is 10.6. The maximum absolute atomic E-state index is 5.84. The van der Waals surface area contributed by atoms with E-state index in [1.54, 1.807) is 0 Å². The highest BCUT2D eigenvalue weighted by atomic mass is 79.9. The Balaban J connectivity index is 1.97. The summed E-state index contributed by atoms with van der Waals surface area (Å²) < 4.78 is 12.2. The summed E-state index contributed by atoms with van der Waals surface area (Å²) in [5.74, 6) is 0.591. The molecule has 1 aromatic rings. The van der Waals surface area contributed by atoms with E-state index in [1.807, 2.05) is 26.3 Å². The fraction of sp³-hybridized carbons (Fsp3) is 0.625. The van der Waals surface area contributed by atoms with Crippen LogP contribution in [0.2, 0.25) is 0 Å². The van der Waals surface area contributed by atoms with E-state index in [0.29, 0.717) is 12.5 Å². The number of nitrogens with zero attached hydrogens (tertiary/aromatic N) is 3. The van der Waals surface area contributed by atoms with Crippen molar-refractivity contribution in [3.8, 4) is 5.88 Å². The summed E-state index contributed by atoms with van der Waals surface area (Å²) in [6, 6.07) is 1.95. The van der Waals surface area contributed by atoms with Gasteiger partial charge in [0.1, 0.15) is 6.10 Å². The summed E-state index contributed by atoms with van der Waals surface area (Å²) in [7, 11) is 0. The molecule has 1 aliphatic rings. The third kappa shape index (κ3) is 4.95. The zero-order valence-electron chi connectivity index (χ0n) is 13.5. The molecule has 1 aliphatic heterocycles. The highest BCUT2D eigenvalue weighted by Gasteiger charge is 2.13. The Morgan fingerprint density at radius 1 is 1.50 bits per heavy atom. The average molecular weight is 370 g/mol. The Hall–Kier alpha value is -1.14. The Kier molecular flexibility index (Phi) is 6.64. The van der Waals surface area contributed by atoms with Gasteiger partial charge in [0.2, 0.25) is 5.88 Å². The van der Waals surface area contributed by atoms with Crippen molar-refractivity contribution in [1.82, 2.24) is 9.88 Å². The summed E-state index contributed by atoms with van der Waals surface area (Å²) in [4.78, 5) is 11.2. The topological polar surface area (TPSA) is 47.0 Å². The van der Waals surface area contributed by atoms with Gasteiger partial charge >= 0.3 is 0 Å². The van der Waals surface area contributed by atoms with Crippen LogP contribution in [0.5, 0.6) is 5.88 Å². The lowest BCUT2D eigenvalue weighted by molar-refractivity contribution is 0.0563. The van der Waals surface area contributed by atoms with E-state index >= 15 is 0 Å². The van der Waals surface area contributed by atoms with Gasteiger partial charge < -0.3 is 14.4 Å². The van der Waals surface area contributed by atoms with Crippen molar-refractivity contribution in [2.24, 2.45) is 4.99 Å². The van der Waals surface area contributed by atoms with Gasteiger partial charge in [0, 0.05) is 19.7 Å². The molecule has 2 rings (SSSR count). The second kappa shape index (κ2) is 8.48. The second-order valence-electron chi connectivity index (χ2n) is 5.52. The second-order valence-corrected chi connectivity index (χ2v) is 6.37. The first-order valence-corrected chi connectivity index (χ1v) is 8.59. The predicted molar refractivity (Wildman–Crippen MR) is 92.2 cm³/mol. The van der Waals surface area contributed by atoms with Crippen LogP contribution in [0.25, 0.3) is 0 Å². The highest BCUT2D eigenvalue weighted by Crippen LogP contribution is 2.30. The van der Waals surface area contributed by atoms with E-state index in [2.05, 4.69) is 37.7 Å². The van der Waals surface area contributed by atoms with E-state index in [0.717, 1.165) is 42.0 Å². The van der Waals surface area contributed by atoms with Crippen molar-refractivity contribution in [2.45, 2.75) is 39.7 Å². The molecule has 0 amide bonds. The zero-order valence-corrected chi connectivity index (χ0v) is 15.1. The molecule has 0 N–H and O–H groups in total. The first-order valence-electron chi connectivity index (χ1n) is 7.80. The minimum absolute atomic E-state index is 0.0369. The first kappa shape index (κ1) is 17.2. The number of rotatable bonds is 8. The van der Waals surface area contributed by atoms with Crippen LogP contribution in [0.3, 0.4) is 0 Å². The molecule has 5 nitrogen and oxygen atoms in total. The number of likely N-dealkylation sites (tertiary alicyclic amines) is 1. The number of aliphatic imine (C=N–C) groups is 1. The lowest BCUT2D eigenvalue weighted by Crippen LogP contribution is -2.35. The molecule has 0 bridgehead atoms. The van der Waals surface area contributed by atoms with Gasteiger partial charge in [-0.1, -0.05) is 6.92 Å². The SMILES string of the molecule is CCCOCC(C)Oc1nc(C)c(N=CN2CCC2)cc1Br. The molecule has 0 saturated carbocycles. The Morgan fingerprint density at radius 2 is 2.27 bits per heavy atom. The predicted octanol–water partition coefficient (Wildman–Crippen LogP) is 3.71. The van der Waals surface area contributed by atoms with Crippen LogP contribution in [0.4, 0.5) is 5.69 Å². The maximum atomic E-state index is 5.84. The standard InChI is InChI=1S/C16H24BrN3O2/c1-4-8-21-10-12(2)22-16-14(17)9-15(13(3)19-16)18-11-20-6-5-7-20/h9,11-12H,4-8,10H2,1-3H3. The van der Waals surface area contributed by atoms with Crippen molar-refractivity contribution >= 4 is 28.0 Å². The van der Waals surface area contributed by atoms with Crippen LogP contribution in [0, 0.1) is 6.92 Å². The van der Waals surface area contributed by atoms with Gasteiger partial charge in [0.05, 0.1) is 28.8 Å². The van der Waals surface area contributed by atoms with E-state index in [-0.39, 0.29) is 6.10 Å². The van der Waals surface area contributed by atoms with Gasteiger partial charge in [-0.05, 0) is 48.7 Å². The molecule has 1 fully saturated rings. The Labute approximate surface area is 140 Å². The molecule has 1 unspecified atom stereocenters. The van der Waals surface area contributed by atoms with E-state index in [1.165, 1.54) is 6.42 Å². The number of aromatic nitrogens is 1. The van der Waals surface area contributed by atoms with Gasteiger partial charge in [0.15, 0.2) is 0 Å². The molecular weight excluding hydrogens is 346 g/mol. The number of hydrogen-bond donors (Lipinski definition) is 0. The van der Waals surface area contributed by atoms with Crippen molar-refractivity contribution in [3.05, 3.63) is 16.2 Å². The average Bonchev–Trinajstić information content (AvgIpc) is 2.42. The van der Waals surface area contributed by atoms with Crippen LogP contribution in [0.15, 0.2) is 15.5 Å². The van der Waals surface area contributed by atoms with E-state index in [9.17, 15) is 0 Å². The zero-order chi connectivity index (χ0) is 15.9. The van der Waals surface area contributed by atoms with Gasteiger partial charge in [-0.25, -0.2) is 9.98 Å². The van der Waals surface area contributed by atoms with Crippen LogP contribution in [-0.4, -0.2) is 48.6 Å². The van der Waals surface area contributed by atoms with Crippen molar-refractivity contribution in [2.75, 3.05) is 26.3 Å². The minimum Gasteiger partial charge on any atom is -0.471 e. The van der Waals surface area contributed by atoms with Crippen LogP contribution >= 0.6 is 15.9 Å². The quantitative estimate of drug-likeness (QED) is 0.398. The molecule has 1 atom stereocenters. The van der Waals surface area contributed by atoms with Gasteiger partial charge in [-0.3, -0.25) is 0 Å². The number of ether oxygens (including phenoxy) is 2. The minimum atomic E-state index is -0.0369. The molecule has 1 aromatic heterocycles. The molecule has 0 aromatic carbocycles. The monoisotopic (exact) mass is 369 g/mol. The lowest BCUT2D eigenvalue weighted by Gasteiger charge is -2.28. The Morgan fingerprint density at radius 3 is 2.91 bits per heavy atom. The number of hydrogen-bond acceptors (Lipinski definition) is 4. The molecule has 0 spiro atoms. The highest BCUT2D eigenvalue weighted by molar-refractivity contribution is 9.10. The summed E-state index contributed by atoms with van der Waals surface area (Å²) in [6.45, 7) is 9.52. The van der Waals surface area contributed by atoms with Gasteiger partial charge in [-0.15, -0.1) is 0 Å². The van der Waals surface area contributed by atoms with E-state index < -0.39 is 0 Å². The van der Waals surface area contributed by atoms with Crippen LogP contribution in [-0.2, 0) is 4.74 Å². The fourth-order valence-corrected chi connectivity index (χ4v) is 2.38. The van der Waals surface area contributed by atoms with Crippen molar-refractivity contribution in [3.63, 3.8) is 0 Å². The Bertz CT molecular complexity index is 518. The normalized spacial score (nSPS) is 15.9. The van der Waals surface area contributed by atoms with Gasteiger partial charge in [-0.2, -0.15) is 0 Å². The molecule has 0 aliphatic carbocycles. The summed E-state index contributed by atoms with van der Waals surface area (Å²) in [5, 5.41) is 0. The largest absolute Gasteiger partial charge is 0.471 e. The molecule has 6 heteroatoms. The third-order valence-electron chi connectivity index (χ3n) is 3.37. The van der Waals surface area contributed by atoms with Gasteiger partial charge in [0.25, 0.3) is 0 Å². The number of pyridine rings is 1. The van der Waals surface area contributed by atoms with Crippen LogP contribution < -0.4 is 4.74 Å². The molecule has 2 heterocycles. The smallest absolute Gasteiger partial charge is 0.228 e. The maximum Gasteiger partial charge on any atom is 0.228 e. The van der Waals surface area contributed by atoms with Crippen molar-refractivity contribution in [1.29, 1.82) is 0 Å². The molecule has 22 heavy (non-hydrogen) atoms. The summed E-state index contributed by atoms with van der Waals surface area (Å²) in [5.41, 5.74) is 1.72. The summed E-state index contributed by atoms with van der Waals surface area (Å²) >= 11 is 3.51. The fourth-order valence-electron chi connectivity index (χ4n) is 1.98. The molecule has 0 radical (unpaired) electrons. The molecular formula is C16H24BrN3O2. The summed E-state index contributed by atoms with van der Waals surface area (Å²) in [6.07, 6.45) is 4.11. The number of halogens is 1. The molecule has 122 valence electrons. The number of aryl methyl sites for hydroxylation is 1. The van der Waals surface area contributed by atoms with Crippen LogP contribution in [0.1, 0.15) is 32.4 Å². The van der Waals surface area contributed by atoms with E-state index in [4.69, 9.17) is 9.47 Å². The third-order valence-corrected chi connectivity index (χ3v) is 3.94. The molecule has 1 saturated heterocycles. The van der Waals surface area contributed by atoms with Crippen molar-refractivity contribution < 1.29 is 9.47 Å². The lowest BCUT2D eigenvalue weighted by atomic mass is 10.2.